The second-order valence-electron chi connectivity index (χ2n) is 7.82. The van der Waals surface area contributed by atoms with Crippen molar-refractivity contribution in [3.8, 4) is 11.5 Å². The highest BCUT2D eigenvalue weighted by atomic mass is 19.1. The van der Waals surface area contributed by atoms with E-state index in [9.17, 15) is 9.18 Å². The molecule has 0 bridgehead atoms. The molecule has 3 heterocycles. The van der Waals surface area contributed by atoms with Gasteiger partial charge < -0.3 is 14.4 Å². The molecule has 3 aliphatic heterocycles. The second kappa shape index (κ2) is 7.55. The topological polar surface area (TPSA) is 45.3 Å². The van der Waals surface area contributed by atoms with Gasteiger partial charge in [-0.1, -0.05) is 6.07 Å². The number of hydrogen-bond acceptors (Lipinski definition) is 4. The molecular weight excluding hydrogens is 373 g/mol. The summed E-state index contributed by atoms with van der Waals surface area (Å²) in [5.74, 6) is 1.32. The van der Waals surface area contributed by atoms with Crippen LogP contribution in [0.3, 0.4) is 0 Å². The van der Waals surface area contributed by atoms with Gasteiger partial charge in [-0.05, 0) is 61.3 Å². The van der Waals surface area contributed by atoms with Crippen LogP contribution in [0.1, 0.15) is 18.4 Å². The van der Waals surface area contributed by atoms with Gasteiger partial charge in [0.25, 0.3) is 0 Å². The van der Waals surface area contributed by atoms with Crippen molar-refractivity contribution in [1.82, 2.24) is 9.80 Å². The third-order valence-electron chi connectivity index (χ3n) is 5.94. The fraction of sp³-hybridized carbons (Fsp3) is 0.409. The number of hydrogen-bond donors (Lipinski definition) is 0. The van der Waals surface area contributed by atoms with Gasteiger partial charge in [-0.2, -0.15) is 0 Å². The SMILES string of the molecule is O=C1N(c2ccc(F)cc2)CCN1[C@@H]1CCCN(Cc2ccc3c(c2)OCO3)C1. The molecule has 0 unspecified atom stereocenters. The maximum atomic E-state index is 13.2. The lowest BCUT2D eigenvalue weighted by Gasteiger charge is -2.37. The Labute approximate surface area is 169 Å². The predicted octanol–water partition coefficient (Wildman–Crippen LogP) is 3.46. The minimum atomic E-state index is -0.288. The maximum absolute atomic E-state index is 13.2. The molecule has 2 amide bonds. The van der Waals surface area contributed by atoms with Gasteiger partial charge in [0.05, 0.1) is 0 Å². The Morgan fingerprint density at radius 1 is 1.00 bits per heavy atom. The van der Waals surface area contributed by atoms with Crippen molar-refractivity contribution in [3.05, 3.63) is 53.8 Å². The van der Waals surface area contributed by atoms with E-state index >= 15 is 0 Å². The van der Waals surface area contributed by atoms with Crippen LogP contribution in [0, 0.1) is 5.82 Å². The fourth-order valence-corrected chi connectivity index (χ4v) is 4.48. The molecule has 2 aromatic carbocycles. The average molecular weight is 397 g/mol. The van der Waals surface area contributed by atoms with Crippen LogP contribution in [-0.4, -0.2) is 54.8 Å². The van der Waals surface area contributed by atoms with E-state index in [1.165, 1.54) is 17.7 Å². The van der Waals surface area contributed by atoms with Gasteiger partial charge in [0, 0.05) is 37.9 Å². The van der Waals surface area contributed by atoms with Gasteiger partial charge in [-0.25, -0.2) is 9.18 Å². The summed E-state index contributed by atoms with van der Waals surface area (Å²) in [5.41, 5.74) is 1.95. The van der Waals surface area contributed by atoms with Crippen molar-refractivity contribution in [2.45, 2.75) is 25.4 Å². The minimum absolute atomic E-state index is 0.0199. The minimum Gasteiger partial charge on any atom is -0.454 e. The number of urea groups is 1. The molecule has 2 aromatic rings. The number of anilines is 1. The van der Waals surface area contributed by atoms with Gasteiger partial charge >= 0.3 is 6.03 Å². The number of rotatable bonds is 4. The molecule has 2 saturated heterocycles. The van der Waals surface area contributed by atoms with E-state index < -0.39 is 0 Å². The van der Waals surface area contributed by atoms with E-state index in [1.807, 2.05) is 17.0 Å². The number of carbonyl (C=O) groups excluding carboxylic acids is 1. The van der Waals surface area contributed by atoms with Crippen molar-refractivity contribution in [2.75, 3.05) is 37.9 Å². The van der Waals surface area contributed by atoms with Crippen LogP contribution < -0.4 is 14.4 Å². The second-order valence-corrected chi connectivity index (χ2v) is 7.82. The lowest BCUT2D eigenvalue weighted by atomic mass is 10.0. The van der Waals surface area contributed by atoms with Crippen LogP contribution in [0.25, 0.3) is 0 Å². The summed E-state index contributed by atoms with van der Waals surface area (Å²) < 4.78 is 24.1. The molecule has 152 valence electrons. The highest BCUT2D eigenvalue weighted by Crippen LogP contribution is 2.33. The molecule has 0 saturated carbocycles. The lowest BCUT2D eigenvalue weighted by molar-refractivity contribution is 0.122. The first-order chi connectivity index (χ1) is 14.2. The Kier molecular flexibility index (Phi) is 4.75. The lowest BCUT2D eigenvalue weighted by Crippen LogP contribution is -2.49. The van der Waals surface area contributed by atoms with Crippen molar-refractivity contribution in [2.24, 2.45) is 0 Å². The molecule has 3 aliphatic rings. The molecule has 0 spiro atoms. The largest absolute Gasteiger partial charge is 0.454 e. The van der Waals surface area contributed by atoms with Gasteiger partial charge in [0.15, 0.2) is 11.5 Å². The summed E-state index contributed by atoms with van der Waals surface area (Å²) >= 11 is 0. The smallest absolute Gasteiger partial charge is 0.324 e. The van der Waals surface area contributed by atoms with Crippen molar-refractivity contribution in [3.63, 3.8) is 0 Å². The molecule has 29 heavy (non-hydrogen) atoms. The highest BCUT2D eigenvalue weighted by Gasteiger charge is 2.36. The third kappa shape index (κ3) is 3.62. The van der Waals surface area contributed by atoms with Gasteiger partial charge in [0.2, 0.25) is 6.79 Å². The number of likely N-dealkylation sites (tertiary alicyclic amines) is 1. The Balaban J connectivity index is 1.24. The quantitative estimate of drug-likeness (QED) is 0.793. The first kappa shape index (κ1) is 18.2. The number of benzene rings is 2. The Hall–Kier alpha value is -2.80. The average Bonchev–Trinajstić information content (AvgIpc) is 3.35. The summed E-state index contributed by atoms with van der Waals surface area (Å²) in [7, 11) is 0. The maximum Gasteiger partial charge on any atom is 0.324 e. The molecule has 6 nitrogen and oxygen atoms in total. The van der Waals surface area contributed by atoms with Crippen LogP contribution in [0.5, 0.6) is 11.5 Å². The Morgan fingerprint density at radius 3 is 2.69 bits per heavy atom. The summed E-state index contributed by atoms with van der Waals surface area (Å²) in [5, 5.41) is 0. The standard InChI is InChI=1S/C22H24FN3O3/c23-17-4-6-18(7-5-17)25-10-11-26(22(25)27)19-2-1-9-24(14-19)13-16-3-8-20-21(12-16)29-15-28-20/h3-8,12,19H,1-2,9-11,13-15H2/t19-/m1/s1. The normalized spacial score (nSPS) is 21.8. The Bertz CT molecular complexity index is 905. The molecule has 0 aromatic heterocycles. The van der Waals surface area contributed by atoms with Crippen molar-refractivity contribution < 1.29 is 18.7 Å². The monoisotopic (exact) mass is 397 g/mol. The number of halogens is 1. The molecule has 5 rings (SSSR count). The van der Waals surface area contributed by atoms with Gasteiger partial charge in [-0.3, -0.25) is 9.80 Å². The summed E-state index contributed by atoms with van der Waals surface area (Å²) in [6.45, 7) is 4.34. The fourth-order valence-electron chi connectivity index (χ4n) is 4.48. The zero-order valence-electron chi connectivity index (χ0n) is 16.2. The first-order valence-corrected chi connectivity index (χ1v) is 10.1. The van der Waals surface area contributed by atoms with Crippen molar-refractivity contribution >= 4 is 11.7 Å². The third-order valence-corrected chi connectivity index (χ3v) is 5.94. The first-order valence-electron chi connectivity index (χ1n) is 10.1. The number of ether oxygens (including phenoxy) is 2. The zero-order chi connectivity index (χ0) is 19.8. The number of nitrogens with zero attached hydrogens (tertiary/aromatic N) is 3. The number of carbonyl (C=O) groups is 1. The van der Waals surface area contributed by atoms with E-state index in [1.54, 1.807) is 17.0 Å². The van der Waals surface area contributed by atoms with Crippen molar-refractivity contribution in [1.29, 1.82) is 0 Å². The molecular formula is C22H24FN3O3. The van der Waals surface area contributed by atoms with E-state index in [0.717, 1.165) is 49.7 Å². The molecule has 7 heteroatoms. The van der Waals surface area contributed by atoms with Gasteiger partial charge in [-0.15, -0.1) is 0 Å². The molecule has 0 aliphatic carbocycles. The molecule has 2 fully saturated rings. The highest BCUT2D eigenvalue weighted by molar-refractivity contribution is 5.94. The van der Waals surface area contributed by atoms with E-state index in [2.05, 4.69) is 11.0 Å². The van der Waals surface area contributed by atoms with Gasteiger partial charge in [0.1, 0.15) is 5.82 Å². The Morgan fingerprint density at radius 2 is 1.83 bits per heavy atom. The van der Waals surface area contributed by atoms with E-state index in [4.69, 9.17) is 9.47 Å². The van der Waals surface area contributed by atoms with Crippen LogP contribution in [0.4, 0.5) is 14.9 Å². The zero-order valence-corrected chi connectivity index (χ0v) is 16.2. The number of amides is 2. The van der Waals surface area contributed by atoms with Crippen LogP contribution in [0.15, 0.2) is 42.5 Å². The summed E-state index contributed by atoms with van der Waals surface area (Å²) in [4.78, 5) is 19.1. The predicted molar refractivity (Wildman–Crippen MR) is 107 cm³/mol. The summed E-state index contributed by atoms with van der Waals surface area (Å²) in [6.07, 6.45) is 2.08. The molecule has 0 radical (unpaired) electrons. The van der Waals surface area contributed by atoms with Crippen LogP contribution in [0.2, 0.25) is 0 Å². The number of piperidine rings is 1. The summed E-state index contributed by atoms with van der Waals surface area (Å²) in [6, 6.07) is 12.5. The number of fused-ring (bicyclic) bond motifs is 1. The van der Waals surface area contributed by atoms with Crippen LogP contribution >= 0.6 is 0 Å². The molecule has 1 atom stereocenters. The molecule has 0 N–H and O–H groups in total. The van der Waals surface area contributed by atoms with E-state index in [0.29, 0.717) is 13.1 Å². The van der Waals surface area contributed by atoms with Crippen LogP contribution in [-0.2, 0) is 6.54 Å². The van der Waals surface area contributed by atoms with E-state index in [-0.39, 0.29) is 24.7 Å².